The summed E-state index contributed by atoms with van der Waals surface area (Å²) in [5, 5.41) is 27.6. The second-order valence-corrected chi connectivity index (χ2v) is 6.72. The molecule has 102 valence electrons. The van der Waals surface area contributed by atoms with Crippen LogP contribution in [0.2, 0.25) is 0 Å². The third-order valence-electron chi connectivity index (χ3n) is 3.36. The van der Waals surface area contributed by atoms with Crippen molar-refractivity contribution in [2.24, 2.45) is 0 Å². The number of rotatable bonds is 3. The number of nitrogens with zero attached hydrogens (tertiary/aromatic N) is 3. The molecule has 1 unspecified atom stereocenters. The molecule has 0 radical (unpaired) electrons. The highest BCUT2D eigenvalue weighted by atomic mass is 79.9. The first-order valence-corrected chi connectivity index (χ1v) is 7.11. The van der Waals surface area contributed by atoms with Crippen molar-refractivity contribution < 1.29 is 0 Å². The number of hydrogen-bond acceptors (Lipinski definition) is 3. The smallest absolute Gasteiger partial charge is 0.126 e. The number of halogens is 1. The van der Waals surface area contributed by atoms with Gasteiger partial charge in [0.2, 0.25) is 0 Å². The summed E-state index contributed by atoms with van der Waals surface area (Å²) in [6.07, 6.45) is 0. The lowest BCUT2D eigenvalue weighted by Gasteiger charge is -2.23. The van der Waals surface area contributed by atoms with E-state index in [9.17, 15) is 10.5 Å². The molecule has 0 aliphatic rings. The Bertz CT molecular complexity index is 595. The monoisotopic (exact) mass is 329 g/mol. The lowest BCUT2D eigenvalue weighted by atomic mass is 9.79. The minimum atomic E-state index is -0.668. The maximum Gasteiger partial charge on any atom is 0.126 e. The highest BCUT2D eigenvalue weighted by Crippen LogP contribution is 2.33. The van der Waals surface area contributed by atoms with Crippen LogP contribution in [0, 0.1) is 34.0 Å². The standard InChI is InChI=1S/C16H16BrN3/c1-15(2,9-19)12-5-11(14(17)8-18)6-13(7-12)16(3,4)10-20/h5-7,14H,1-4H3. The van der Waals surface area contributed by atoms with Crippen LogP contribution in [-0.2, 0) is 10.8 Å². The molecule has 0 aromatic heterocycles. The zero-order valence-electron chi connectivity index (χ0n) is 12.0. The maximum atomic E-state index is 9.29. The summed E-state index contributed by atoms with van der Waals surface area (Å²) < 4.78 is 0. The average Bonchev–Trinajstić information content (AvgIpc) is 2.45. The van der Waals surface area contributed by atoms with Crippen LogP contribution in [-0.4, -0.2) is 0 Å². The van der Waals surface area contributed by atoms with Gasteiger partial charge < -0.3 is 0 Å². The number of hydrogen-bond donors (Lipinski definition) is 0. The van der Waals surface area contributed by atoms with Crippen molar-refractivity contribution in [1.82, 2.24) is 0 Å². The predicted molar refractivity (Wildman–Crippen MR) is 81.0 cm³/mol. The molecule has 0 aliphatic heterocycles. The van der Waals surface area contributed by atoms with E-state index in [2.05, 4.69) is 34.1 Å². The zero-order valence-corrected chi connectivity index (χ0v) is 13.6. The summed E-state index contributed by atoms with van der Waals surface area (Å²) in [5.74, 6) is 0. The Morgan fingerprint density at radius 2 is 1.30 bits per heavy atom. The third-order valence-corrected chi connectivity index (χ3v) is 4.10. The van der Waals surface area contributed by atoms with Gasteiger partial charge >= 0.3 is 0 Å². The summed E-state index contributed by atoms with van der Waals surface area (Å²) in [4.78, 5) is -0.454. The second kappa shape index (κ2) is 5.66. The van der Waals surface area contributed by atoms with Crippen LogP contribution in [0.15, 0.2) is 18.2 Å². The normalized spacial score (nSPS) is 12.9. The summed E-state index contributed by atoms with van der Waals surface area (Å²) in [7, 11) is 0. The van der Waals surface area contributed by atoms with E-state index in [0.29, 0.717) is 0 Å². The van der Waals surface area contributed by atoms with Crippen molar-refractivity contribution in [3.8, 4) is 18.2 Å². The second-order valence-electron chi connectivity index (χ2n) is 5.81. The molecular weight excluding hydrogens is 314 g/mol. The van der Waals surface area contributed by atoms with E-state index >= 15 is 0 Å². The average molecular weight is 330 g/mol. The van der Waals surface area contributed by atoms with Gasteiger partial charge in [-0.25, -0.2) is 0 Å². The molecule has 1 aromatic carbocycles. The molecule has 1 atom stereocenters. The van der Waals surface area contributed by atoms with Gasteiger partial charge in [-0.1, -0.05) is 34.1 Å². The van der Waals surface area contributed by atoms with E-state index in [0.717, 1.165) is 16.7 Å². The van der Waals surface area contributed by atoms with Crippen LogP contribution in [0.25, 0.3) is 0 Å². The van der Waals surface area contributed by atoms with Crippen LogP contribution in [0.4, 0.5) is 0 Å². The molecule has 0 fully saturated rings. The topological polar surface area (TPSA) is 71.4 Å². The van der Waals surface area contributed by atoms with E-state index in [1.807, 2.05) is 45.9 Å². The highest BCUT2D eigenvalue weighted by molar-refractivity contribution is 9.09. The van der Waals surface area contributed by atoms with Crippen molar-refractivity contribution in [1.29, 1.82) is 15.8 Å². The van der Waals surface area contributed by atoms with Crippen LogP contribution in [0.3, 0.4) is 0 Å². The van der Waals surface area contributed by atoms with E-state index in [-0.39, 0.29) is 0 Å². The van der Waals surface area contributed by atoms with E-state index in [1.165, 1.54) is 0 Å². The molecule has 1 aromatic rings. The first kappa shape index (κ1) is 16.2. The fraction of sp³-hybridized carbons (Fsp3) is 0.438. The van der Waals surface area contributed by atoms with Crippen LogP contribution in [0.5, 0.6) is 0 Å². The van der Waals surface area contributed by atoms with Crippen molar-refractivity contribution in [2.45, 2.75) is 43.4 Å². The van der Waals surface area contributed by atoms with Crippen molar-refractivity contribution in [3.63, 3.8) is 0 Å². The summed E-state index contributed by atoms with van der Waals surface area (Å²) in [5.41, 5.74) is 1.06. The van der Waals surface area contributed by atoms with Crippen molar-refractivity contribution >= 4 is 15.9 Å². The molecule has 20 heavy (non-hydrogen) atoms. The lowest BCUT2D eigenvalue weighted by Crippen LogP contribution is -2.19. The van der Waals surface area contributed by atoms with Gasteiger partial charge in [-0.2, -0.15) is 15.8 Å². The van der Waals surface area contributed by atoms with Crippen LogP contribution < -0.4 is 0 Å². The van der Waals surface area contributed by atoms with Gasteiger partial charge in [0.15, 0.2) is 0 Å². The van der Waals surface area contributed by atoms with Gasteiger partial charge in [-0.15, -0.1) is 0 Å². The first-order chi connectivity index (χ1) is 9.17. The van der Waals surface area contributed by atoms with E-state index in [4.69, 9.17) is 5.26 Å². The quantitative estimate of drug-likeness (QED) is 0.778. The Morgan fingerprint density at radius 1 is 0.900 bits per heavy atom. The minimum absolute atomic E-state index is 0.454. The Morgan fingerprint density at radius 3 is 1.60 bits per heavy atom. The molecule has 0 N–H and O–H groups in total. The molecule has 4 heteroatoms. The Labute approximate surface area is 128 Å². The maximum absolute atomic E-state index is 9.29. The SMILES string of the molecule is CC(C)(C#N)c1cc(C(Br)C#N)cc(C(C)(C)C#N)c1. The van der Waals surface area contributed by atoms with Crippen molar-refractivity contribution in [2.75, 3.05) is 0 Å². The molecule has 0 spiro atoms. The lowest BCUT2D eigenvalue weighted by molar-refractivity contribution is 0.659. The summed E-state index contributed by atoms with van der Waals surface area (Å²) in [6, 6.07) is 12.2. The fourth-order valence-electron chi connectivity index (χ4n) is 1.72. The van der Waals surface area contributed by atoms with Gasteiger partial charge in [0, 0.05) is 0 Å². The molecule has 0 saturated heterocycles. The molecule has 0 bridgehead atoms. The molecule has 1 rings (SSSR count). The number of benzene rings is 1. The Hall–Kier alpha value is -1.83. The number of alkyl halides is 1. The van der Waals surface area contributed by atoms with E-state index in [1.54, 1.807) is 0 Å². The zero-order chi connectivity index (χ0) is 15.6. The van der Waals surface area contributed by atoms with Gasteiger partial charge in [0.25, 0.3) is 0 Å². The largest absolute Gasteiger partial charge is 0.197 e. The molecular formula is C16H16BrN3. The molecule has 0 amide bonds. The third kappa shape index (κ3) is 3.19. The Kier molecular flexibility index (Phi) is 4.59. The highest BCUT2D eigenvalue weighted by Gasteiger charge is 2.27. The van der Waals surface area contributed by atoms with Crippen LogP contribution in [0.1, 0.15) is 49.2 Å². The fourth-order valence-corrected chi connectivity index (χ4v) is 1.99. The predicted octanol–water partition coefficient (Wildman–Crippen LogP) is 4.25. The van der Waals surface area contributed by atoms with Crippen LogP contribution >= 0.6 is 15.9 Å². The van der Waals surface area contributed by atoms with Gasteiger partial charge in [0.1, 0.15) is 4.83 Å². The molecule has 0 heterocycles. The summed E-state index contributed by atoms with van der Waals surface area (Å²) in [6.45, 7) is 7.30. The summed E-state index contributed by atoms with van der Waals surface area (Å²) >= 11 is 3.30. The van der Waals surface area contributed by atoms with Gasteiger partial charge in [-0.05, 0) is 44.4 Å². The van der Waals surface area contributed by atoms with Gasteiger partial charge in [0.05, 0.1) is 29.0 Å². The molecule has 3 nitrogen and oxygen atoms in total. The first-order valence-electron chi connectivity index (χ1n) is 6.20. The van der Waals surface area contributed by atoms with Gasteiger partial charge in [-0.3, -0.25) is 0 Å². The molecule has 0 aliphatic carbocycles. The van der Waals surface area contributed by atoms with Crippen molar-refractivity contribution in [3.05, 3.63) is 34.9 Å². The minimum Gasteiger partial charge on any atom is -0.197 e. The Balaban J connectivity index is 3.59. The number of nitriles is 3. The van der Waals surface area contributed by atoms with E-state index < -0.39 is 15.7 Å². The molecule has 0 saturated carbocycles.